The summed E-state index contributed by atoms with van der Waals surface area (Å²) >= 11 is 6.27. The molecule has 34 heavy (non-hydrogen) atoms. The zero-order chi connectivity index (χ0) is 24.1. The van der Waals surface area contributed by atoms with Crippen molar-refractivity contribution < 1.29 is 23.9 Å². The van der Waals surface area contributed by atoms with Gasteiger partial charge in [-0.25, -0.2) is 5.06 Å². The van der Waals surface area contributed by atoms with Crippen molar-refractivity contribution in [3.63, 3.8) is 0 Å². The van der Waals surface area contributed by atoms with Crippen LogP contribution in [0.4, 0.5) is 5.69 Å². The lowest BCUT2D eigenvalue weighted by Crippen LogP contribution is -2.57. The fourth-order valence-electron chi connectivity index (χ4n) is 4.33. The fraction of sp³-hybridized carbons (Fsp3) is 0.185. The van der Waals surface area contributed by atoms with Gasteiger partial charge in [-0.2, -0.15) is 0 Å². The van der Waals surface area contributed by atoms with E-state index in [1.54, 1.807) is 30.3 Å². The molecule has 174 valence electrons. The molecule has 0 bridgehead atoms. The standard InChI is InChI=1S/C27H24ClNO5/c1-32-25(30)27(26(31)33-2)21(16-19-10-5-3-6-11-19)18-34-29(23-15-9-14-22(28)17-23)24(27)20-12-7-4-8-13-20/h3-17,24H,18H2,1-2H3/b21-16+. The highest BCUT2D eigenvalue weighted by Gasteiger charge is 2.62. The normalized spacial score (nSPS) is 18.4. The molecule has 1 heterocycles. The van der Waals surface area contributed by atoms with Crippen LogP contribution in [-0.2, 0) is 23.9 Å². The molecule has 1 unspecified atom stereocenters. The van der Waals surface area contributed by atoms with Gasteiger partial charge in [-0.15, -0.1) is 0 Å². The maximum Gasteiger partial charge on any atom is 0.330 e. The van der Waals surface area contributed by atoms with Crippen molar-refractivity contribution in [2.45, 2.75) is 6.04 Å². The number of hydrogen-bond donors (Lipinski definition) is 0. The molecular formula is C27H24ClNO5. The SMILES string of the molecule is COC(=O)C1(C(=O)OC)/C(=C/c2ccccc2)CON(c2cccc(Cl)c2)C1c1ccccc1. The quantitative estimate of drug-likeness (QED) is 0.369. The van der Waals surface area contributed by atoms with E-state index >= 15 is 0 Å². The maximum atomic E-state index is 13.6. The molecule has 0 saturated carbocycles. The Hall–Kier alpha value is -3.61. The Labute approximate surface area is 203 Å². The van der Waals surface area contributed by atoms with Gasteiger partial charge >= 0.3 is 11.9 Å². The molecule has 1 atom stereocenters. The Bertz CT molecular complexity index is 1180. The van der Waals surface area contributed by atoms with Crippen molar-refractivity contribution in [2.75, 3.05) is 25.9 Å². The summed E-state index contributed by atoms with van der Waals surface area (Å²) in [6.07, 6.45) is 1.78. The van der Waals surface area contributed by atoms with Crippen molar-refractivity contribution in [1.29, 1.82) is 0 Å². The van der Waals surface area contributed by atoms with Crippen LogP contribution < -0.4 is 5.06 Å². The van der Waals surface area contributed by atoms with E-state index in [4.69, 9.17) is 25.9 Å². The second kappa shape index (κ2) is 10.1. The van der Waals surface area contributed by atoms with Crippen LogP contribution in [0.1, 0.15) is 17.2 Å². The first-order chi connectivity index (χ1) is 16.5. The minimum Gasteiger partial charge on any atom is -0.468 e. The summed E-state index contributed by atoms with van der Waals surface area (Å²) in [7, 11) is 2.52. The first-order valence-electron chi connectivity index (χ1n) is 10.7. The van der Waals surface area contributed by atoms with Crippen LogP contribution in [0.15, 0.2) is 90.5 Å². The van der Waals surface area contributed by atoms with Gasteiger partial charge < -0.3 is 9.47 Å². The molecule has 4 rings (SSSR count). The van der Waals surface area contributed by atoms with Gasteiger partial charge in [0.15, 0.2) is 0 Å². The minimum absolute atomic E-state index is 0.0467. The first kappa shape index (κ1) is 23.5. The van der Waals surface area contributed by atoms with Gasteiger partial charge in [-0.1, -0.05) is 84.4 Å². The smallest absolute Gasteiger partial charge is 0.330 e. The van der Waals surface area contributed by atoms with Crippen LogP contribution in [-0.4, -0.2) is 32.8 Å². The average molecular weight is 478 g/mol. The lowest BCUT2D eigenvalue weighted by atomic mass is 9.69. The second-order valence-electron chi connectivity index (χ2n) is 7.76. The van der Waals surface area contributed by atoms with Gasteiger partial charge in [0.05, 0.1) is 26.5 Å². The highest BCUT2D eigenvalue weighted by Crippen LogP contribution is 2.51. The van der Waals surface area contributed by atoms with E-state index in [1.165, 1.54) is 19.3 Å². The molecule has 6 nitrogen and oxygen atoms in total. The van der Waals surface area contributed by atoms with Crippen LogP contribution in [0, 0.1) is 5.41 Å². The third-order valence-corrected chi connectivity index (χ3v) is 6.08. The number of anilines is 1. The van der Waals surface area contributed by atoms with Gasteiger partial charge in [-0.05, 0) is 34.9 Å². The van der Waals surface area contributed by atoms with Crippen molar-refractivity contribution in [3.05, 3.63) is 107 Å². The zero-order valence-electron chi connectivity index (χ0n) is 18.8. The summed E-state index contributed by atoms with van der Waals surface area (Å²) in [6.45, 7) is -0.0467. The predicted molar refractivity (Wildman–Crippen MR) is 130 cm³/mol. The summed E-state index contributed by atoms with van der Waals surface area (Å²) in [5.74, 6) is -1.49. The van der Waals surface area contributed by atoms with Gasteiger partial charge in [-0.3, -0.25) is 14.4 Å². The van der Waals surface area contributed by atoms with E-state index in [0.717, 1.165) is 5.56 Å². The van der Waals surface area contributed by atoms with Crippen LogP contribution in [0.25, 0.3) is 6.08 Å². The summed E-state index contributed by atoms with van der Waals surface area (Å²) < 4.78 is 10.5. The van der Waals surface area contributed by atoms with E-state index in [9.17, 15) is 9.59 Å². The number of halogens is 1. The summed E-state index contributed by atoms with van der Waals surface area (Å²) in [5, 5.41) is 2.03. The summed E-state index contributed by atoms with van der Waals surface area (Å²) in [5.41, 5.74) is 0.626. The van der Waals surface area contributed by atoms with Gasteiger partial charge in [0, 0.05) is 5.02 Å². The zero-order valence-corrected chi connectivity index (χ0v) is 19.6. The van der Waals surface area contributed by atoms with Crippen LogP contribution in [0.2, 0.25) is 5.02 Å². The Morgan fingerprint density at radius 3 is 2.15 bits per heavy atom. The molecule has 1 aliphatic heterocycles. The first-order valence-corrected chi connectivity index (χ1v) is 11.1. The molecule has 3 aromatic rings. The van der Waals surface area contributed by atoms with Crippen molar-refractivity contribution in [3.8, 4) is 0 Å². The molecule has 0 amide bonds. The van der Waals surface area contributed by atoms with E-state index in [2.05, 4.69) is 0 Å². The highest BCUT2D eigenvalue weighted by atomic mass is 35.5. The Morgan fingerprint density at radius 1 is 0.941 bits per heavy atom. The number of esters is 2. The molecule has 3 aromatic carbocycles. The second-order valence-corrected chi connectivity index (χ2v) is 8.20. The average Bonchev–Trinajstić information content (AvgIpc) is 2.88. The topological polar surface area (TPSA) is 65.1 Å². The number of rotatable bonds is 5. The number of nitrogens with zero attached hydrogens (tertiary/aromatic N) is 1. The molecule has 1 saturated heterocycles. The minimum atomic E-state index is -1.85. The fourth-order valence-corrected chi connectivity index (χ4v) is 4.52. The largest absolute Gasteiger partial charge is 0.468 e. The molecule has 0 radical (unpaired) electrons. The van der Waals surface area contributed by atoms with Gasteiger partial charge in [0.2, 0.25) is 5.41 Å². The lowest BCUT2D eigenvalue weighted by Gasteiger charge is -2.47. The molecule has 1 fully saturated rings. The van der Waals surface area contributed by atoms with Gasteiger partial charge in [0.1, 0.15) is 6.04 Å². The van der Waals surface area contributed by atoms with Crippen molar-refractivity contribution >= 4 is 35.3 Å². The maximum absolute atomic E-state index is 13.6. The van der Waals surface area contributed by atoms with Gasteiger partial charge in [0.25, 0.3) is 0 Å². The number of carbonyl (C=O) groups is 2. The Balaban J connectivity index is 2.03. The molecule has 0 aliphatic carbocycles. The van der Waals surface area contributed by atoms with Crippen LogP contribution in [0.3, 0.4) is 0 Å². The molecule has 0 spiro atoms. The highest BCUT2D eigenvalue weighted by molar-refractivity contribution is 6.30. The van der Waals surface area contributed by atoms with Crippen molar-refractivity contribution in [1.82, 2.24) is 0 Å². The molecule has 0 N–H and O–H groups in total. The predicted octanol–water partition coefficient (Wildman–Crippen LogP) is 5.25. The van der Waals surface area contributed by atoms with Crippen LogP contribution in [0.5, 0.6) is 0 Å². The molecule has 7 heteroatoms. The third kappa shape index (κ3) is 4.18. The monoisotopic (exact) mass is 477 g/mol. The molecule has 1 aliphatic rings. The van der Waals surface area contributed by atoms with E-state index in [0.29, 0.717) is 21.8 Å². The van der Waals surface area contributed by atoms with E-state index in [1.807, 2.05) is 60.7 Å². The van der Waals surface area contributed by atoms with E-state index < -0.39 is 23.4 Å². The summed E-state index contributed by atoms with van der Waals surface area (Å²) in [6, 6.07) is 24.7. The number of methoxy groups -OCH3 is 2. The third-order valence-electron chi connectivity index (χ3n) is 5.84. The number of hydroxylamine groups is 1. The number of benzene rings is 3. The number of hydrogen-bond acceptors (Lipinski definition) is 6. The lowest BCUT2D eigenvalue weighted by molar-refractivity contribution is -0.173. The Morgan fingerprint density at radius 2 is 1.56 bits per heavy atom. The van der Waals surface area contributed by atoms with E-state index in [-0.39, 0.29) is 6.61 Å². The molecule has 0 aromatic heterocycles. The molecular weight excluding hydrogens is 454 g/mol. The summed E-state index contributed by atoms with van der Waals surface area (Å²) in [4.78, 5) is 33.5. The van der Waals surface area contributed by atoms with Crippen LogP contribution >= 0.6 is 11.6 Å². The van der Waals surface area contributed by atoms with Crippen molar-refractivity contribution in [2.24, 2.45) is 5.41 Å². The number of carbonyl (C=O) groups excluding carboxylic acids is 2. The Kier molecular flexibility index (Phi) is 7.01. The number of ether oxygens (including phenoxy) is 2.